The van der Waals surface area contributed by atoms with Crippen molar-refractivity contribution in [2.24, 2.45) is 11.8 Å². The summed E-state index contributed by atoms with van der Waals surface area (Å²) in [6, 6.07) is 4.90. The number of aldehydes is 1. The molecule has 0 aliphatic rings. The predicted molar refractivity (Wildman–Crippen MR) is 126 cm³/mol. The van der Waals surface area contributed by atoms with E-state index in [9.17, 15) is 24.0 Å². The average Bonchev–Trinajstić information content (AvgIpc) is 2.78. The zero-order chi connectivity index (χ0) is 25.4. The van der Waals surface area contributed by atoms with Crippen LogP contribution < -0.4 is 10.1 Å². The Kier molecular flexibility index (Phi) is 15.1. The Morgan fingerprint density at radius 3 is 2.24 bits per heavy atom. The predicted octanol–water partition coefficient (Wildman–Crippen LogP) is 4.10. The highest BCUT2D eigenvalue weighted by atomic mass is 16.5. The summed E-state index contributed by atoms with van der Waals surface area (Å²) in [4.78, 5) is 55.1. The van der Waals surface area contributed by atoms with Gasteiger partial charge in [-0.25, -0.2) is 0 Å². The second-order valence-corrected chi connectivity index (χ2v) is 7.89. The van der Waals surface area contributed by atoms with E-state index >= 15 is 0 Å². The highest BCUT2D eigenvalue weighted by molar-refractivity contribution is 6.09. The van der Waals surface area contributed by atoms with Crippen molar-refractivity contribution in [2.45, 2.75) is 66.2 Å². The van der Waals surface area contributed by atoms with Gasteiger partial charge in [0.05, 0.1) is 12.2 Å². The number of ether oxygens (including phenoxy) is 1. The summed E-state index contributed by atoms with van der Waals surface area (Å²) in [6.45, 7) is 7.20. The molecule has 1 amide bonds. The van der Waals surface area contributed by atoms with E-state index in [0.717, 1.165) is 12.7 Å². The number of ketones is 2. The van der Waals surface area contributed by atoms with Crippen LogP contribution in [0.4, 0.5) is 0 Å². The minimum Gasteiger partial charge on any atom is -0.493 e. The smallest absolute Gasteiger partial charge is 0.303 e. The summed E-state index contributed by atoms with van der Waals surface area (Å²) >= 11 is 0. The number of carboxylic acids is 1. The standard InChI is InChI=1S/C15H18O5.C10H19NO2/c1-10(16)12-6-5-7-13(15(12)11(2)17)20-9-4-3-8-14(18)19;1-4-8(2)9(7-12)5-6-10(13)11-3/h5-7H,3-4,8-9H2,1-2H3,(H,18,19);7-9H,4-6H2,1-3H3,(H,11,13). The number of hydrogen-bond acceptors (Lipinski definition) is 6. The third-order valence-electron chi connectivity index (χ3n) is 5.33. The monoisotopic (exact) mass is 463 g/mol. The third-order valence-corrected chi connectivity index (χ3v) is 5.33. The van der Waals surface area contributed by atoms with Crippen LogP contribution >= 0.6 is 0 Å². The van der Waals surface area contributed by atoms with Crippen molar-refractivity contribution in [3.63, 3.8) is 0 Å². The van der Waals surface area contributed by atoms with Gasteiger partial charge in [0.2, 0.25) is 5.91 Å². The van der Waals surface area contributed by atoms with E-state index in [0.29, 0.717) is 55.1 Å². The number of hydrogen-bond donors (Lipinski definition) is 2. The number of benzene rings is 1. The van der Waals surface area contributed by atoms with Crippen LogP contribution in [0.2, 0.25) is 0 Å². The largest absolute Gasteiger partial charge is 0.493 e. The third kappa shape index (κ3) is 12.0. The quantitative estimate of drug-likeness (QED) is 0.242. The molecule has 0 spiro atoms. The van der Waals surface area contributed by atoms with Crippen LogP contribution in [0.25, 0.3) is 0 Å². The van der Waals surface area contributed by atoms with Crippen LogP contribution in [-0.4, -0.2) is 48.5 Å². The van der Waals surface area contributed by atoms with E-state index in [2.05, 4.69) is 12.2 Å². The maximum atomic E-state index is 11.7. The number of Topliss-reactive ketones (excluding diaryl/α,β-unsaturated/α-hetero) is 2. The Morgan fingerprint density at radius 1 is 1.09 bits per heavy atom. The maximum absolute atomic E-state index is 11.7. The number of carbonyl (C=O) groups excluding carboxylic acids is 4. The van der Waals surface area contributed by atoms with E-state index in [1.165, 1.54) is 13.8 Å². The summed E-state index contributed by atoms with van der Waals surface area (Å²) in [7, 11) is 1.61. The molecule has 0 bridgehead atoms. The number of carboxylic acid groups (broad SMARTS) is 1. The molecule has 0 saturated carbocycles. The minimum absolute atomic E-state index is 0.00940. The molecule has 0 aromatic heterocycles. The minimum atomic E-state index is -0.840. The first kappa shape index (κ1) is 30.0. The lowest BCUT2D eigenvalue weighted by Gasteiger charge is -2.15. The molecular formula is C25H37NO7. The van der Waals surface area contributed by atoms with E-state index < -0.39 is 5.97 Å². The Bertz CT molecular complexity index is 804. The van der Waals surface area contributed by atoms with Gasteiger partial charge in [0.15, 0.2) is 11.6 Å². The number of rotatable bonds is 14. The van der Waals surface area contributed by atoms with Crippen molar-refractivity contribution in [3.05, 3.63) is 29.3 Å². The molecule has 0 heterocycles. The molecule has 8 heteroatoms. The van der Waals surface area contributed by atoms with Gasteiger partial charge in [0, 0.05) is 31.4 Å². The average molecular weight is 464 g/mol. The van der Waals surface area contributed by atoms with Crippen molar-refractivity contribution in [1.29, 1.82) is 0 Å². The van der Waals surface area contributed by atoms with Gasteiger partial charge >= 0.3 is 5.97 Å². The first-order valence-corrected chi connectivity index (χ1v) is 11.2. The number of nitrogens with one attached hydrogen (secondary N) is 1. The summed E-state index contributed by atoms with van der Waals surface area (Å²) in [5.74, 6) is -0.462. The van der Waals surface area contributed by atoms with Crippen molar-refractivity contribution in [3.8, 4) is 5.75 Å². The summed E-state index contributed by atoms with van der Waals surface area (Å²) < 4.78 is 5.51. The summed E-state index contributed by atoms with van der Waals surface area (Å²) in [5, 5.41) is 11.1. The Hall–Kier alpha value is -3.03. The van der Waals surface area contributed by atoms with Gasteiger partial charge in [-0.15, -0.1) is 0 Å². The zero-order valence-electron chi connectivity index (χ0n) is 20.3. The Labute approximate surface area is 196 Å². The second kappa shape index (κ2) is 16.6. The van der Waals surface area contributed by atoms with E-state index in [-0.39, 0.29) is 29.8 Å². The Morgan fingerprint density at radius 2 is 1.76 bits per heavy atom. The van der Waals surface area contributed by atoms with Crippen molar-refractivity contribution < 1.29 is 33.8 Å². The lowest BCUT2D eigenvalue weighted by Crippen LogP contribution is -2.21. The fraction of sp³-hybridized carbons (Fsp3) is 0.560. The van der Waals surface area contributed by atoms with Gasteiger partial charge in [0.1, 0.15) is 12.0 Å². The molecule has 2 N–H and O–H groups in total. The molecule has 2 atom stereocenters. The number of carbonyl (C=O) groups is 5. The molecule has 0 aliphatic heterocycles. The van der Waals surface area contributed by atoms with Gasteiger partial charge in [-0.2, -0.15) is 0 Å². The highest BCUT2D eigenvalue weighted by Crippen LogP contribution is 2.24. The second-order valence-electron chi connectivity index (χ2n) is 7.89. The summed E-state index contributed by atoms with van der Waals surface area (Å²) in [6.07, 6.45) is 4.25. The number of amides is 1. The van der Waals surface area contributed by atoms with Gasteiger partial charge in [-0.3, -0.25) is 19.2 Å². The molecule has 1 aromatic carbocycles. The molecule has 0 aliphatic carbocycles. The molecule has 8 nitrogen and oxygen atoms in total. The number of aliphatic carboxylic acids is 1. The van der Waals surface area contributed by atoms with Gasteiger partial charge in [-0.05, 0) is 45.1 Å². The molecule has 2 unspecified atom stereocenters. The molecule has 0 fully saturated rings. The lowest BCUT2D eigenvalue weighted by atomic mass is 9.89. The molecule has 184 valence electrons. The maximum Gasteiger partial charge on any atom is 0.303 e. The molecule has 1 rings (SSSR count). The van der Waals surface area contributed by atoms with E-state index in [1.54, 1.807) is 25.2 Å². The molecular weight excluding hydrogens is 426 g/mol. The fourth-order valence-corrected chi connectivity index (χ4v) is 3.08. The van der Waals surface area contributed by atoms with Crippen LogP contribution in [-0.2, 0) is 14.4 Å². The number of unbranched alkanes of at least 4 members (excludes halogenated alkanes) is 1. The van der Waals surface area contributed by atoms with Crippen molar-refractivity contribution in [1.82, 2.24) is 5.32 Å². The molecule has 1 aromatic rings. The van der Waals surface area contributed by atoms with Crippen LogP contribution in [0, 0.1) is 11.8 Å². The lowest BCUT2D eigenvalue weighted by molar-refractivity contribution is -0.137. The van der Waals surface area contributed by atoms with Gasteiger partial charge in [-0.1, -0.05) is 32.4 Å². The van der Waals surface area contributed by atoms with Crippen LogP contribution in [0.3, 0.4) is 0 Å². The fourth-order valence-electron chi connectivity index (χ4n) is 3.08. The van der Waals surface area contributed by atoms with Crippen molar-refractivity contribution >= 4 is 29.7 Å². The van der Waals surface area contributed by atoms with Crippen LogP contribution in [0.1, 0.15) is 86.9 Å². The van der Waals surface area contributed by atoms with E-state index in [1.807, 2.05) is 6.92 Å². The first-order chi connectivity index (χ1) is 15.6. The summed E-state index contributed by atoms with van der Waals surface area (Å²) in [5.41, 5.74) is 0.638. The highest BCUT2D eigenvalue weighted by Gasteiger charge is 2.17. The zero-order valence-corrected chi connectivity index (χ0v) is 20.3. The van der Waals surface area contributed by atoms with E-state index in [4.69, 9.17) is 9.84 Å². The molecule has 0 radical (unpaired) electrons. The van der Waals surface area contributed by atoms with Crippen LogP contribution in [0.5, 0.6) is 5.75 Å². The van der Waals surface area contributed by atoms with Gasteiger partial charge in [0.25, 0.3) is 0 Å². The topological polar surface area (TPSA) is 127 Å². The normalized spacial score (nSPS) is 11.9. The Balaban J connectivity index is 0.000000684. The van der Waals surface area contributed by atoms with Gasteiger partial charge < -0.3 is 20.0 Å². The molecule has 0 saturated heterocycles. The first-order valence-electron chi connectivity index (χ1n) is 11.2. The SMILES string of the molecule is CC(=O)c1cccc(OCCCCC(=O)O)c1C(C)=O.CCC(C)C(C=O)CCC(=O)NC. The van der Waals surface area contributed by atoms with Crippen molar-refractivity contribution in [2.75, 3.05) is 13.7 Å². The molecule has 33 heavy (non-hydrogen) atoms. The van der Waals surface area contributed by atoms with Crippen LogP contribution in [0.15, 0.2) is 18.2 Å².